The number of carboxylic acids is 1. The fourth-order valence-electron chi connectivity index (χ4n) is 2.47. The van der Waals surface area contributed by atoms with Crippen LogP contribution in [0.2, 0.25) is 0 Å². The largest absolute Gasteiger partial charge is 0.477 e. The van der Waals surface area contributed by atoms with Crippen molar-refractivity contribution in [1.82, 2.24) is 14.9 Å². The molecule has 1 aliphatic rings. The lowest BCUT2D eigenvalue weighted by Gasteiger charge is -2.33. The Bertz CT molecular complexity index is 666. The lowest BCUT2D eigenvalue weighted by atomic mass is 10.1. The number of carboxylic acid groups (broad SMARTS) is 1. The minimum atomic E-state index is -1.01. The Morgan fingerprint density at radius 3 is 2.67 bits per heavy atom. The molecule has 0 saturated carbocycles. The van der Waals surface area contributed by atoms with E-state index in [1.54, 1.807) is 6.07 Å². The Balaban J connectivity index is 1.94. The molecule has 0 radical (unpaired) electrons. The molecular weight excluding hydrogens is 268 g/mol. The zero-order valence-corrected chi connectivity index (χ0v) is 11.9. The first-order chi connectivity index (χ1) is 10.1. The molecule has 6 heteroatoms. The van der Waals surface area contributed by atoms with E-state index in [1.165, 1.54) is 0 Å². The molecule has 6 nitrogen and oxygen atoms in total. The number of piperazine rings is 1. The average Bonchev–Trinajstić information content (AvgIpc) is 2.49. The van der Waals surface area contributed by atoms with Gasteiger partial charge in [0.1, 0.15) is 0 Å². The zero-order chi connectivity index (χ0) is 14.8. The van der Waals surface area contributed by atoms with Gasteiger partial charge in [-0.05, 0) is 19.2 Å². The predicted octanol–water partition coefficient (Wildman–Crippen LogP) is 1.51. The molecule has 0 unspecified atom stereocenters. The summed E-state index contributed by atoms with van der Waals surface area (Å²) in [4.78, 5) is 17.7. The fourth-order valence-corrected chi connectivity index (χ4v) is 2.47. The average molecular weight is 286 g/mol. The van der Waals surface area contributed by atoms with Gasteiger partial charge >= 0.3 is 5.97 Å². The molecular formula is C15H18N4O2. The molecule has 0 atom stereocenters. The number of aromatic nitrogens is 1. The molecule has 2 aromatic rings. The van der Waals surface area contributed by atoms with Gasteiger partial charge in [-0.1, -0.05) is 18.2 Å². The summed E-state index contributed by atoms with van der Waals surface area (Å²) in [7, 11) is 2.10. The van der Waals surface area contributed by atoms with Crippen LogP contribution in [-0.4, -0.2) is 59.2 Å². The lowest BCUT2D eigenvalue weighted by Crippen LogP contribution is -2.47. The normalized spacial score (nSPS) is 17.0. The number of rotatable bonds is 3. The van der Waals surface area contributed by atoms with Crippen LogP contribution in [0.3, 0.4) is 0 Å². The van der Waals surface area contributed by atoms with Crippen molar-refractivity contribution in [3.05, 3.63) is 36.0 Å². The molecule has 2 heterocycles. The van der Waals surface area contributed by atoms with Crippen LogP contribution in [0.4, 0.5) is 5.69 Å². The molecule has 1 saturated heterocycles. The van der Waals surface area contributed by atoms with Gasteiger partial charge in [0.05, 0.1) is 11.2 Å². The number of carbonyl (C=O) groups is 1. The van der Waals surface area contributed by atoms with Crippen LogP contribution in [0, 0.1) is 0 Å². The highest BCUT2D eigenvalue weighted by molar-refractivity contribution is 5.96. The smallest absolute Gasteiger partial charge is 0.354 e. The minimum Gasteiger partial charge on any atom is -0.477 e. The summed E-state index contributed by atoms with van der Waals surface area (Å²) >= 11 is 0. The Morgan fingerprint density at radius 1 is 1.24 bits per heavy atom. The fraction of sp³-hybridized carbons (Fsp3) is 0.333. The van der Waals surface area contributed by atoms with Crippen molar-refractivity contribution in [3.63, 3.8) is 0 Å². The van der Waals surface area contributed by atoms with Crippen LogP contribution in [0.1, 0.15) is 10.5 Å². The molecule has 0 aliphatic carbocycles. The molecule has 2 N–H and O–H groups in total. The van der Waals surface area contributed by atoms with Crippen LogP contribution in [0.5, 0.6) is 0 Å². The number of hydrogen-bond donors (Lipinski definition) is 2. The maximum absolute atomic E-state index is 11.2. The van der Waals surface area contributed by atoms with Gasteiger partial charge < -0.3 is 15.4 Å². The van der Waals surface area contributed by atoms with Gasteiger partial charge in [0, 0.05) is 31.6 Å². The number of anilines is 1. The molecule has 0 amide bonds. The van der Waals surface area contributed by atoms with Gasteiger partial charge in [0.25, 0.3) is 0 Å². The van der Waals surface area contributed by atoms with Crippen LogP contribution < -0.4 is 5.43 Å². The number of hydrazine groups is 1. The summed E-state index contributed by atoms with van der Waals surface area (Å²) in [6.45, 7) is 3.77. The van der Waals surface area contributed by atoms with E-state index in [2.05, 4.69) is 27.4 Å². The van der Waals surface area contributed by atoms with Crippen molar-refractivity contribution in [3.8, 4) is 0 Å². The highest BCUT2D eigenvalue weighted by atomic mass is 16.4. The highest BCUT2D eigenvalue weighted by Gasteiger charge is 2.16. The van der Waals surface area contributed by atoms with Crippen molar-refractivity contribution in [2.24, 2.45) is 0 Å². The molecule has 1 fully saturated rings. The zero-order valence-electron chi connectivity index (χ0n) is 11.9. The van der Waals surface area contributed by atoms with Gasteiger partial charge in [0.15, 0.2) is 5.69 Å². The molecule has 0 bridgehead atoms. The number of likely N-dealkylation sites (N-methyl/N-ethyl adjacent to an activating group) is 1. The summed E-state index contributed by atoms with van der Waals surface area (Å²) < 4.78 is 0. The van der Waals surface area contributed by atoms with E-state index >= 15 is 0 Å². The Labute approximate surface area is 123 Å². The number of para-hydroxylation sites is 1. The number of aromatic carboxylic acids is 1. The van der Waals surface area contributed by atoms with E-state index in [0.717, 1.165) is 37.3 Å². The molecule has 1 aliphatic heterocycles. The van der Waals surface area contributed by atoms with Gasteiger partial charge in [-0.2, -0.15) is 0 Å². The monoisotopic (exact) mass is 286 g/mol. The van der Waals surface area contributed by atoms with Crippen molar-refractivity contribution in [2.45, 2.75) is 0 Å². The Hall–Kier alpha value is -2.18. The number of benzene rings is 1. The van der Waals surface area contributed by atoms with Crippen molar-refractivity contribution < 1.29 is 9.90 Å². The van der Waals surface area contributed by atoms with Crippen molar-refractivity contribution >= 4 is 22.6 Å². The van der Waals surface area contributed by atoms with E-state index < -0.39 is 5.97 Å². The maximum Gasteiger partial charge on any atom is 0.354 e. The summed E-state index contributed by atoms with van der Waals surface area (Å²) in [5, 5.41) is 12.2. The number of hydrogen-bond acceptors (Lipinski definition) is 5. The van der Waals surface area contributed by atoms with E-state index in [-0.39, 0.29) is 5.69 Å². The molecule has 0 spiro atoms. The minimum absolute atomic E-state index is 0.0605. The first-order valence-corrected chi connectivity index (χ1v) is 6.97. The summed E-state index contributed by atoms with van der Waals surface area (Å²) in [5.74, 6) is -1.01. The number of fused-ring (bicyclic) bond motifs is 1. The quantitative estimate of drug-likeness (QED) is 0.891. The van der Waals surface area contributed by atoms with Crippen LogP contribution >= 0.6 is 0 Å². The molecule has 1 aromatic heterocycles. The predicted molar refractivity (Wildman–Crippen MR) is 81.4 cm³/mol. The Morgan fingerprint density at radius 2 is 1.95 bits per heavy atom. The van der Waals surface area contributed by atoms with Gasteiger partial charge in [-0.15, -0.1) is 0 Å². The lowest BCUT2D eigenvalue weighted by molar-refractivity contribution is 0.0691. The standard InChI is InChI=1S/C15H18N4O2/c1-18-6-8-19(9-7-18)17-13-10-14(15(20)21)16-12-5-3-2-4-11(12)13/h2-5,10H,6-9H2,1H3,(H,16,17)(H,20,21). The maximum atomic E-state index is 11.2. The van der Waals surface area contributed by atoms with Crippen LogP contribution in [0.15, 0.2) is 30.3 Å². The van der Waals surface area contributed by atoms with Crippen molar-refractivity contribution in [2.75, 3.05) is 38.7 Å². The summed E-state index contributed by atoms with van der Waals surface area (Å²) in [6, 6.07) is 9.17. The third-order valence-corrected chi connectivity index (χ3v) is 3.72. The third-order valence-electron chi connectivity index (χ3n) is 3.72. The summed E-state index contributed by atoms with van der Waals surface area (Å²) in [6.07, 6.45) is 0. The van der Waals surface area contributed by atoms with E-state index in [0.29, 0.717) is 5.52 Å². The molecule has 1 aromatic carbocycles. The van der Waals surface area contributed by atoms with Crippen LogP contribution in [0.25, 0.3) is 10.9 Å². The first-order valence-electron chi connectivity index (χ1n) is 6.97. The Kier molecular flexibility index (Phi) is 3.72. The first kappa shape index (κ1) is 13.8. The van der Waals surface area contributed by atoms with E-state index in [9.17, 15) is 9.90 Å². The second-order valence-electron chi connectivity index (χ2n) is 5.28. The number of nitrogens with one attached hydrogen (secondary N) is 1. The second-order valence-corrected chi connectivity index (χ2v) is 5.28. The van der Waals surface area contributed by atoms with Gasteiger partial charge in [0.2, 0.25) is 0 Å². The topological polar surface area (TPSA) is 68.7 Å². The molecule has 21 heavy (non-hydrogen) atoms. The van der Waals surface area contributed by atoms with Crippen LogP contribution in [-0.2, 0) is 0 Å². The van der Waals surface area contributed by atoms with E-state index in [4.69, 9.17) is 0 Å². The summed E-state index contributed by atoms with van der Waals surface area (Å²) in [5.41, 5.74) is 4.89. The number of pyridine rings is 1. The third kappa shape index (κ3) is 2.96. The molecule has 110 valence electrons. The van der Waals surface area contributed by atoms with Gasteiger partial charge in [-0.3, -0.25) is 0 Å². The van der Waals surface area contributed by atoms with Gasteiger partial charge in [-0.25, -0.2) is 14.8 Å². The van der Waals surface area contributed by atoms with E-state index in [1.807, 2.05) is 24.3 Å². The second kappa shape index (κ2) is 5.67. The SMILES string of the molecule is CN1CCN(Nc2cc(C(=O)O)nc3ccccc23)CC1. The molecule has 3 rings (SSSR count). The number of nitrogens with zero attached hydrogens (tertiary/aromatic N) is 3. The van der Waals surface area contributed by atoms with Crippen molar-refractivity contribution in [1.29, 1.82) is 0 Å². The highest BCUT2D eigenvalue weighted by Crippen LogP contribution is 2.24.